The van der Waals surface area contributed by atoms with E-state index < -0.39 is 0 Å². The summed E-state index contributed by atoms with van der Waals surface area (Å²) >= 11 is 0. The maximum absolute atomic E-state index is 12.6. The van der Waals surface area contributed by atoms with Crippen molar-refractivity contribution in [3.63, 3.8) is 0 Å². The van der Waals surface area contributed by atoms with Crippen molar-refractivity contribution in [2.24, 2.45) is 7.05 Å². The highest BCUT2D eigenvalue weighted by Gasteiger charge is 2.33. The van der Waals surface area contributed by atoms with Crippen molar-refractivity contribution in [1.82, 2.24) is 24.9 Å². The number of piperazine rings is 1. The van der Waals surface area contributed by atoms with Crippen molar-refractivity contribution in [2.45, 2.75) is 37.8 Å². The van der Waals surface area contributed by atoms with Crippen LogP contribution in [0.15, 0.2) is 12.4 Å². The van der Waals surface area contributed by atoms with Gasteiger partial charge >= 0.3 is 6.03 Å². The fourth-order valence-corrected chi connectivity index (χ4v) is 3.90. The fraction of sp³-hybridized carbons (Fsp3) is 0.765. The molecule has 2 amide bonds. The molecule has 0 spiro atoms. The normalized spacial score (nSPS) is 25.8. The second kappa shape index (κ2) is 6.63. The molecule has 132 valence electrons. The predicted octanol–water partition coefficient (Wildman–Crippen LogP) is 0.879. The summed E-state index contributed by atoms with van der Waals surface area (Å²) in [4.78, 5) is 19.4. The number of anilines is 1. The third-order valence-corrected chi connectivity index (χ3v) is 5.47. The number of hydrogen-bond donors (Lipinski definition) is 1. The molecule has 3 heterocycles. The van der Waals surface area contributed by atoms with Crippen LogP contribution in [0.5, 0.6) is 0 Å². The minimum absolute atomic E-state index is 0.114. The summed E-state index contributed by atoms with van der Waals surface area (Å²) in [5, 5.41) is 7.51. The highest BCUT2D eigenvalue weighted by atomic mass is 16.2. The van der Waals surface area contributed by atoms with Gasteiger partial charge in [-0.15, -0.1) is 0 Å². The number of amides is 2. The van der Waals surface area contributed by atoms with Crippen molar-refractivity contribution in [1.29, 1.82) is 0 Å². The molecule has 3 fully saturated rings. The van der Waals surface area contributed by atoms with Crippen molar-refractivity contribution in [2.75, 3.05) is 44.2 Å². The first kappa shape index (κ1) is 15.7. The number of carbonyl (C=O) groups excluding carboxylic acids is 1. The van der Waals surface area contributed by atoms with Crippen molar-refractivity contribution >= 4 is 11.7 Å². The average molecular weight is 332 g/mol. The standard InChI is InChI=1S/C17H28N6O/c1-20-13-16(11-18-20)23-6-2-3-14(12-23)19-17(24)22-9-7-21(8-10-22)15-4-5-15/h11,13-15H,2-10,12H2,1H3,(H,19,24)/t14-/m1/s1. The Kier molecular flexibility index (Phi) is 4.35. The number of carbonyl (C=O) groups is 1. The fourth-order valence-electron chi connectivity index (χ4n) is 3.90. The average Bonchev–Trinajstić information content (AvgIpc) is 3.36. The van der Waals surface area contributed by atoms with Gasteiger partial charge in [0, 0.05) is 64.6 Å². The van der Waals surface area contributed by atoms with E-state index in [1.54, 1.807) is 0 Å². The summed E-state index contributed by atoms with van der Waals surface area (Å²) in [5.74, 6) is 0. The molecule has 1 aromatic heterocycles. The van der Waals surface area contributed by atoms with E-state index in [1.165, 1.54) is 12.8 Å². The monoisotopic (exact) mass is 332 g/mol. The Balaban J connectivity index is 1.27. The van der Waals surface area contributed by atoms with Crippen LogP contribution < -0.4 is 10.2 Å². The highest BCUT2D eigenvalue weighted by Crippen LogP contribution is 2.27. The third-order valence-electron chi connectivity index (χ3n) is 5.47. The Morgan fingerprint density at radius 1 is 1.17 bits per heavy atom. The summed E-state index contributed by atoms with van der Waals surface area (Å²) in [7, 11) is 1.94. The van der Waals surface area contributed by atoms with E-state index in [0.29, 0.717) is 0 Å². The van der Waals surface area contributed by atoms with Gasteiger partial charge in [-0.1, -0.05) is 0 Å². The first-order valence-corrected chi connectivity index (χ1v) is 9.22. The third kappa shape index (κ3) is 3.50. The molecule has 1 saturated carbocycles. The summed E-state index contributed by atoms with van der Waals surface area (Å²) in [5.41, 5.74) is 1.15. The first-order chi connectivity index (χ1) is 11.7. The van der Waals surface area contributed by atoms with Gasteiger partial charge in [0.15, 0.2) is 0 Å². The molecule has 4 rings (SSSR count). The van der Waals surface area contributed by atoms with Crippen LogP contribution in [0.25, 0.3) is 0 Å². The Hall–Kier alpha value is -1.76. The van der Waals surface area contributed by atoms with Crippen molar-refractivity contribution in [3.05, 3.63) is 12.4 Å². The van der Waals surface area contributed by atoms with Gasteiger partial charge in [-0.2, -0.15) is 5.10 Å². The topological polar surface area (TPSA) is 56.6 Å². The number of hydrogen-bond acceptors (Lipinski definition) is 4. The van der Waals surface area contributed by atoms with E-state index in [1.807, 2.05) is 29.0 Å². The quantitative estimate of drug-likeness (QED) is 0.893. The summed E-state index contributed by atoms with van der Waals surface area (Å²) in [6.07, 6.45) is 8.80. The van der Waals surface area contributed by atoms with Gasteiger partial charge in [-0.25, -0.2) is 4.79 Å². The molecule has 0 aromatic carbocycles. The molecule has 24 heavy (non-hydrogen) atoms. The smallest absolute Gasteiger partial charge is 0.317 e. The molecule has 1 N–H and O–H groups in total. The van der Waals surface area contributed by atoms with Gasteiger partial charge in [0.1, 0.15) is 0 Å². The summed E-state index contributed by atoms with van der Waals surface area (Å²) in [6.45, 7) is 5.70. The van der Waals surface area contributed by atoms with Gasteiger partial charge < -0.3 is 15.1 Å². The lowest BCUT2D eigenvalue weighted by Gasteiger charge is -2.38. The van der Waals surface area contributed by atoms with Gasteiger partial charge in [-0.05, 0) is 25.7 Å². The minimum Gasteiger partial charge on any atom is -0.367 e. The van der Waals surface area contributed by atoms with Crippen LogP contribution in [0.4, 0.5) is 10.5 Å². The number of aryl methyl sites for hydroxylation is 1. The minimum atomic E-state index is 0.114. The molecule has 0 unspecified atom stereocenters. The molecular formula is C17H28N6O. The van der Waals surface area contributed by atoms with Gasteiger partial charge in [-0.3, -0.25) is 9.58 Å². The van der Waals surface area contributed by atoms with Gasteiger partial charge in [0.25, 0.3) is 0 Å². The van der Waals surface area contributed by atoms with Crippen LogP contribution in [-0.2, 0) is 7.05 Å². The SMILES string of the molecule is Cn1cc(N2CCC[C@@H](NC(=O)N3CCN(C4CC4)CC3)C2)cn1. The van der Waals surface area contributed by atoms with Crippen molar-refractivity contribution in [3.8, 4) is 0 Å². The molecule has 3 aliphatic rings. The summed E-state index contributed by atoms with van der Waals surface area (Å²) in [6, 6.07) is 1.15. The first-order valence-electron chi connectivity index (χ1n) is 9.22. The zero-order chi connectivity index (χ0) is 16.5. The van der Waals surface area contributed by atoms with E-state index in [-0.39, 0.29) is 12.1 Å². The van der Waals surface area contributed by atoms with Crippen LogP contribution in [0.2, 0.25) is 0 Å². The predicted molar refractivity (Wildman–Crippen MR) is 93.1 cm³/mol. The lowest BCUT2D eigenvalue weighted by molar-refractivity contribution is 0.132. The lowest BCUT2D eigenvalue weighted by Crippen LogP contribution is -2.56. The molecular weight excluding hydrogens is 304 g/mol. The van der Waals surface area contributed by atoms with E-state index >= 15 is 0 Å². The van der Waals surface area contributed by atoms with Crippen molar-refractivity contribution < 1.29 is 4.79 Å². The second-order valence-corrected chi connectivity index (χ2v) is 7.36. The molecule has 1 aliphatic carbocycles. The van der Waals surface area contributed by atoms with Crippen LogP contribution in [-0.4, -0.2) is 77.0 Å². The molecule has 2 aliphatic heterocycles. The molecule has 7 nitrogen and oxygen atoms in total. The Bertz CT molecular complexity index is 575. The van der Waals surface area contributed by atoms with Crippen LogP contribution in [0.3, 0.4) is 0 Å². The Labute approximate surface area is 143 Å². The lowest BCUT2D eigenvalue weighted by atomic mass is 10.1. The largest absolute Gasteiger partial charge is 0.367 e. The van der Waals surface area contributed by atoms with Crippen LogP contribution in [0.1, 0.15) is 25.7 Å². The molecule has 2 saturated heterocycles. The number of nitrogens with zero attached hydrogens (tertiary/aromatic N) is 5. The molecule has 1 atom stereocenters. The number of urea groups is 1. The second-order valence-electron chi connectivity index (χ2n) is 7.36. The zero-order valence-corrected chi connectivity index (χ0v) is 14.5. The molecule has 0 bridgehead atoms. The maximum Gasteiger partial charge on any atom is 0.317 e. The molecule has 1 aromatic rings. The molecule has 0 radical (unpaired) electrons. The van der Waals surface area contributed by atoms with Gasteiger partial charge in [0.2, 0.25) is 0 Å². The number of piperidine rings is 1. The van der Waals surface area contributed by atoms with Crippen LogP contribution in [0, 0.1) is 0 Å². The number of aromatic nitrogens is 2. The number of nitrogens with one attached hydrogen (secondary N) is 1. The molecule has 7 heteroatoms. The number of rotatable bonds is 3. The Morgan fingerprint density at radius 2 is 1.96 bits per heavy atom. The van der Waals surface area contributed by atoms with Gasteiger partial charge in [0.05, 0.1) is 11.9 Å². The summed E-state index contributed by atoms with van der Waals surface area (Å²) < 4.78 is 1.83. The zero-order valence-electron chi connectivity index (χ0n) is 14.5. The Morgan fingerprint density at radius 3 is 2.62 bits per heavy atom. The maximum atomic E-state index is 12.6. The van der Waals surface area contributed by atoms with Crippen LogP contribution >= 0.6 is 0 Å². The van der Waals surface area contributed by atoms with E-state index in [0.717, 1.165) is 63.8 Å². The van der Waals surface area contributed by atoms with E-state index in [2.05, 4.69) is 20.2 Å². The van der Waals surface area contributed by atoms with E-state index in [9.17, 15) is 4.79 Å². The highest BCUT2D eigenvalue weighted by molar-refractivity contribution is 5.74. The van der Waals surface area contributed by atoms with E-state index in [4.69, 9.17) is 0 Å².